The van der Waals surface area contributed by atoms with Gasteiger partial charge < -0.3 is 15.4 Å². The van der Waals surface area contributed by atoms with Crippen LogP contribution in [0.1, 0.15) is 42.5 Å². The topological polar surface area (TPSA) is 142 Å². The molecular formula is C18H19N3O6. The minimum absolute atomic E-state index is 0.0196. The summed E-state index contributed by atoms with van der Waals surface area (Å²) in [5, 5.41) is 23.5. The van der Waals surface area contributed by atoms with E-state index >= 15 is 0 Å². The zero-order valence-corrected chi connectivity index (χ0v) is 14.5. The number of amides is 1. The summed E-state index contributed by atoms with van der Waals surface area (Å²) >= 11 is 0. The molecule has 0 aliphatic heterocycles. The summed E-state index contributed by atoms with van der Waals surface area (Å²) in [6, 6.07) is 4.89. The maximum Gasteiger partial charge on any atom is 0.311 e. The van der Waals surface area contributed by atoms with Gasteiger partial charge in [-0.15, -0.1) is 0 Å². The van der Waals surface area contributed by atoms with Gasteiger partial charge in [-0.25, -0.2) is 0 Å². The molecule has 0 spiro atoms. The third kappa shape index (κ3) is 3.67. The molecule has 3 rings (SSSR count). The van der Waals surface area contributed by atoms with E-state index in [0.717, 1.165) is 25.3 Å². The number of carbonyl (C=O) groups excluding carboxylic acids is 1. The molecule has 9 heteroatoms. The van der Waals surface area contributed by atoms with Crippen LogP contribution in [-0.4, -0.2) is 33.4 Å². The predicted octanol–water partition coefficient (Wildman–Crippen LogP) is 2.20. The molecule has 3 N–H and O–H groups in total. The number of benzene rings is 1. The van der Waals surface area contributed by atoms with Crippen molar-refractivity contribution in [2.75, 3.05) is 6.54 Å². The first-order chi connectivity index (χ1) is 12.8. The van der Waals surface area contributed by atoms with E-state index in [0.29, 0.717) is 18.4 Å². The Kier molecular flexibility index (Phi) is 4.93. The first-order valence-electron chi connectivity index (χ1n) is 8.65. The highest BCUT2D eigenvalue weighted by atomic mass is 16.6. The van der Waals surface area contributed by atoms with E-state index < -0.39 is 27.8 Å². The van der Waals surface area contributed by atoms with E-state index in [1.165, 1.54) is 18.2 Å². The number of carboxylic acid groups (broad SMARTS) is 1. The zero-order valence-electron chi connectivity index (χ0n) is 14.5. The lowest BCUT2D eigenvalue weighted by molar-refractivity contribution is -0.384. The quantitative estimate of drug-likeness (QED) is 0.542. The Hall–Kier alpha value is -3.23. The van der Waals surface area contributed by atoms with Crippen molar-refractivity contribution in [1.82, 2.24) is 10.3 Å². The number of aromatic amines is 1. The molecule has 142 valence electrons. The number of H-pyrrole nitrogens is 1. The van der Waals surface area contributed by atoms with Crippen molar-refractivity contribution in [3.05, 3.63) is 50.3 Å². The maximum absolute atomic E-state index is 12.7. The Morgan fingerprint density at radius 1 is 1.22 bits per heavy atom. The van der Waals surface area contributed by atoms with Crippen LogP contribution in [0.2, 0.25) is 0 Å². The van der Waals surface area contributed by atoms with Gasteiger partial charge in [0.15, 0.2) is 0 Å². The molecule has 1 saturated carbocycles. The highest BCUT2D eigenvalue weighted by Gasteiger charge is 2.39. The summed E-state index contributed by atoms with van der Waals surface area (Å²) in [4.78, 5) is 49.2. The third-order valence-corrected chi connectivity index (χ3v) is 5.13. The van der Waals surface area contributed by atoms with E-state index in [2.05, 4.69) is 10.3 Å². The average molecular weight is 373 g/mol. The SMILES string of the molecule is O=C(NCC1(C(=O)O)CCCCC1)c1cc(=O)[nH]c2ccc([N+](=O)[O-])cc12. The summed E-state index contributed by atoms with van der Waals surface area (Å²) in [7, 11) is 0. The van der Waals surface area contributed by atoms with Crippen molar-refractivity contribution >= 4 is 28.5 Å². The van der Waals surface area contributed by atoms with Crippen molar-refractivity contribution in [3.63, 3.8) is 0 Å². The van der Waals surface area contributed by atoms with Gasteiger partial charge in [0.1, 0.15) is 0 Å². The molecule has 0 atom stereocenters. The number of nitrogens with one attached hydrogen (secondary N) is 2. The molecule has 0 saturated heterocycles. The number of hydrogen-bond acceptors (Lipinski definition) is 5. The van der Waals surface area contributed by atoms with Gasteiger partial charge >= 0.3 is 5.97 Å². The number of carboxylic acids is 1. The maximum atomic E-state index is 12.7. The molecule has 1 heterocycles. The van der Waals surface area contributed by atoms with E-state index in [1.807, 2.05) is 0 Å². The molecule has 1 amide bonds. The van der Waals surface area contributed by atoms with Crippen LogP contribution in [-0.2, 0) is 4.79 Å². The van der Waals surface area contributed by atoms with Crippen LogP contribution >= 0.6 is 0 Å². The van der Waals surface area contributed by atoms with Crippen molar-refractivity contribution in [1.29, 1.82) is 0 Å². The number of hydrogen-bond donors (Lipinski definition) is 3. The molecule has 2 aromatic rings. The number of nitro benzene ring substituents is 1. The van der Waals surface area contributed by atoms with Crippen molar-refractivity contribution in [2.45, 2.75) is 32.1 Å². The highest BCUT2D eigenvalue weighted by molar-refractivity contribution is 6.06. The predicted molar refractivity (Wildman–Crippen MR) is 96.7 cm³/mol. The second-order valence-corrected chi connectivity index (χ2v) is 6.86. The average Bonchev–Trinajstić information content (AvgIpc) is 2.65. The van der Waals surface area contributed by atoms with Crippen LogP contribution in [0.4, 0.5) is 5.69 Å². The fourth-order valence-electron chi connectivity index (χ4n) is 3.58. The minimum Gasteiger partial charge on any atom is -0.481 e. The number of carbonyl (C=O) groups is 2. The lowest BCUT2D eigenvalue weighted by Crippen LogP contribution is -2.44. The van der Waals surface area contributed by atoms with Crippen LogP contribution in [0, 0.1) is 15.5 Å². The van der Waals surface area contributed by atoms with E-state index in [-0.39, 0.29) is 23.2 Å². The largest absolute Gasteiger partial charge is 0.481 e. The molecule has 27 heavy (non-hydrogen) atoms. The van der Waals surface area contributed by atoms with Crippen LogP contribution < -0.4 is 10.9 Å². The van der Waals surface area contributed by atoms with Crippen LogP contribution in [0.3, 0.4) is 0 Å². The van der Waals surface area contributed by atoms with Gasteiger partial charge in [-0.2, -0.15) is 0 Å². The summed E-state index contributed by atoms with van der Waals surface area (Å²) in [6.07, 6.45) is 3.48. The van der Waals surface area contributed by atoms with Gasteiger partial charge in [0, 0.05) is 35.6 Å². The van der Waals surface area contributed by atoms with Crippen molar-refractivity contribution in [3.8, 4) is 0 Å². The number of aliphatic carboxylic acids is 1. The molecule has 0 radical (unpaired) electrons. The highest BCUT2D eigenvalue weighted by Crippen LogP contribution is 2.36. The zero-order chi connectivity index (χ0) is 19.6. The molecule has 1 aliphatic carbocycles. The Labute approximate surface area is 153 Å². The van der Waals surface area contributed by atoms with Crippen molar-refractivity contribution in [2.24, 2.45) is 5.41 Å². The molecule has 1 aromatic carbocycles. The number of rotatable bonds is 5. The molecule has 1 aliphatic rings. The van der Waals surface area contributed by atoms with Crippen LogP contribution in [0.15, 0.2) is 29.1 Å². The summed E-state index contributed by atoms with van der Waals surface area (Å²) in [5.41, 5.74) is -1.47. The number of fused-ring (bicyclic) bond motifs is 1. The molecule has 0 unspecified atom stereocenters. The number of nitrogens with zero attached hydrogens (tertiary/aromatic N) is 1. The number of nitro groups is 1. The molecule has 9 nitrogen and oxygen atoms in total. The molecule has 1 fully saturated rings. The Morgan fingerprint density at radius 3 is 2.56 bits per heavy atom. The fourth-order valence-corrected chi connectivity index (χ4v) is 3.58. The van der Waals surface area contributed by atoms with E-state index in [9.17, 15) is 29.6 Å². The van der Waals surface area contributed by atoms with E-state index in [1.54, 1.807) is 0 Å². The molecule has 0 bridgehead atoms. The second-order valence-electron chi connectivity index (χ2n) is 6.86. The first-order valence-corrected chi connectivity index (χ1v) is 8.65. The Bertz CT molecular complexity index is 975. The van der Waals surface area contributed by atoms with Gasteiger partial charge in [0.2, 0.25) is 5.56 Å². The summed E-state index contributed by atoms with van der Waals surface area (Å²) < 4.78 is 0. The second kappa shape index (κ2) is 7.18. The Morgan fingerprint density at radius 2 is 1.93 bits per heavy atom. The first kappa shape index (κ1) is 18.6. The fraction of sp³-hybridized carbons (Fsp3) is 0.389. The summed E-state index contributed by atoms with van der Waals surface area (Å²) in [6.45, 7) is -0.0512. The van der Waals surface area contributed by atoms with Crippen molar-refractivity contribution < 1.29 is 19.6 Å². The minimum atomic E-state index is -1.02. The Balaban J connectivity index is 1.93. The lowest BCUT2D eigenvalue weighted by Gasteiger charge is -2.33. The third-order valence-electron chi connectivity index (χ3n) is 5.13. The monoisotopic (exact) mass is 373 g/mol. The van der Waals surface area contributed by atoms with Gasteiger partial charge in [0.05, 0.1) is 15.9 Å². The smallest absolute Gasteiger partial charge is 0.311 e. The van der Waals surface area contributed by atoms with Gasteiger partial charge in [-0.05, 0) is 18.9 Å². The van der Waals surface area contributed by atoms with Gasteiger partial charge in [-0.3, -0.25) is 24.5 Å². The standard InChI is InChI=1S/C18H19N3O6/c22-15-9-13(12-8-11(21(26)27)4-5-14(12)20-15)16(23)19-10-18(17(24)25)6-2-1-3-7-18/h4-5,8-9H,1-3,6-7,10H2,(H,19,23)(H,20,22)(H,24,25). The number of aromatic nitrogens is 1. The molecular weight excluding hydrogens is 354 g/mol. The summed E-state index contributed by atoms with van der Waals surface area (Å²) in [5.74, 6) is -1.58. The van der Waals surface area contributed by atoms with Gasteiger partial charge in [0.25, 0.3) is 11.6 Å². The normalized spacial score (nSPS) is 16.0. The van der Waals surface area contributed by atoms with Gasteiger partial charge in [-0.1, -0.05) is 19.3 Å². The van der Waals surface area contributed by atoms with Crippen LogP contribution in [0.25, 0.3) is 10.9 Å². The number of pyridine rings is 1. The number of non-ortho nitro benzene ring substituents is 1. The van der Waals surface area contributed by atoms with E-state index in [4.69, 9.17) is 0 Å². The van der Waals surface area contributed by atoms with Crippen LogP contribution in [0.5, 0.6) is 0 Å². The molecule has 1 aromatic heterocycles. The lowest BCUT2D eigenvalue weighted by atomic mass is 9.74.